The molecule has 0 atom stereocenters. The third kappa shape index (κ3) is 3.14. The van der Waals surface area contributed by atoms with Gasteiger partial charge in [-0.15, -0.1) is 21.5 Å². The Kier molecular flexibility index (Phi) is 3.91. The van der Waals surface area contributed by atoms with Crippen LogP contribution in [0.25, 0.3) is 0 Å². The molecule has 0 bridgehead atoms. The quantitative estimate of drug-likeness (QED) is 0.823. The summed E-state index contributed by atoms with van der Waals surface area (Å²) in [5.74, 6) is 1.02. The molecule has 0 radical (unpaired) electrons. The van der Waals surface area contributed by atoms with Gasteiger partial charge in [0.15, 0.2) is 0 Å². The first-order valence-corrected chi connectivity index (χ1v) is 6.58. The maximum atomic E-state index is 4.06. The highest BCUT2D eigenvalue weighted by Gasteiger charge is 2.03. The van der Waals surface area contributed by atoms with E-state index in [1.807, 2.05) is 23.0 Å². The van der Waals surface area contributed by atoms with Crippen molar-refractivity contribution in [3.63, 3.8) is 0 Å². The van der Waals surface area contributed by atoms with Gasteiger partial charge in [0.05, 0.1) is 0 Å². The Labute approximate surface area is 106 Å². The average Bonchev–Trinajstić information content (AvgIpc) is 2.81. The van der Waals surface area contributed by atoms with Crippen molar-refractivity contribution in [3.8, 4) is 0 Å². The van der Waals surface area contributed by atoms with Crippen LogP contribution in [0.1, 0.15) is 21.1 Å². The SMILES string of the molecule is Cc1cc(CNCCc2nncn2C)c(C)s1. The molecule has 5 heteroatoms. The number of thiophene rings is 1. The van der Waals surface area contributed by atoms with Crippen molar-refractivity contribution in [3.05, 3.63) is 33.5 Å². The standard InChI is InChI=1S/C12H18N4S/c1-9-6-11(10(2)17-9)7-13-5-4-12-15-14-8-16(12)3/h6,8,13H,4-5,7H2,1-3H3. The predicted octanol–water partition coefficient (Wildman–Crippen LogP) is 1.83. The van der Waals surface area contributed by atoms with E-state index in [2.05, 4.69) is 35.4 Å². The summed E-state index contributed by atoms with van der Waals surface area (Å²) in [4.78, 5) is 2.79. The highest BCUT2D eigenvalue weighted by Crippen LogP contribution is 2.20. The Morgan fingerprint density at radius 2 is 2.24 bits per heavy atom. The predicted molar refractivity (Wildman–Crippen MR) is 70.2 cm³/mol. The minimum atomic E-state index is 0.915. The summed E-state index contributed by atoms with van der Waals surface area (Å²) in [6, 6.07) is 2.26. The van der Waals surface area contributed by atoms with Gasteiger partial charge in [-0.05, 0) is 25.5 Å². The van der Waals surface area contributed by atoms with Crippen molar-refractivity contribution in [2.75, 3.05) is 6.54 Å². The summed E-state index contributed by atoms with van der Waals surface area (Å²) in [5.41, 5.74) is 1.41. The molecule has 2 rings (SSSR count). The lowest BCUT2D eigenvalue weighted by atomic mass is 10.2. The molecule has 0 aliphatic rings. The van der Waals surface area contributed by atoms with Crippen molar-refractivity contribution in [2.45, 2.75) is 26.8 Å². The van der Waals surface area contributed by atoms with Gasteiger partial charge in [0.1, 0.15) is 12.2 Å². The molecule has 0 spiro atoms. The Morgan fingerprint density at radius 1 is 1.41 bits per heavy atom. The lowest BCUT2D eigenvalue weighted by molar-refractivity contribution is 0.653. The van der Waals surface area contributed by atoms with Crippen molar-refractivity contribution < 1.29 is 0 Å². The molecule has 0 saturated heterocycles. The zero-order chi connectivity index (χ0) is 12.3. The summed E-state index contributed by atoms with van der Waals surface area (Å²) in [5, 5.41) is 11.4. The molecule has 0 fully saturated rings. The van der Waals surface area contributed by atoms with Gasteiger partial charge in [0.2, 0.25) is 0 Å². The van der Waals surface area contributed by atoms with Crippen LogP contribution in [0.2, 0.25) is 0 Å². The molecule has 1 N–H and O–H groups in total. The van der Waals surface area contributed by atoms with Crippen molar-refractivity contribution in [2.24, 2.45) is 7.05 Å². The van der Waals surface area contributed by atoms with Gasteiger partial charge in [-0.3, -0.25) is 0 Å². The molecule has 17 heavy (non-hydrogen) atoms. The van der Waals surface area contributed by atoms with Gasteiger partial charge in [-0.25, -0.2) is 0 Å². The fourth-order valence-corrected chi connectivity index (χ4v) is 2.76. The fraction of sp³-hybridized carbons (Fsp3) is 0.500. The first-order valence-electron chi connectivity index (χ1n) is 5.76. The summed E-state index contributed by atoms with van der Waals surface area (Å²) < 4.78 is 1.96. The molecule has 0 unspecified atom stereocenters. The highest BCUT2D eigenvalue weighted by atomic mass is 32.1. The van der Waals surface area contributed by atoms with Gasteiger partial charge in [-0.2, -0.15) is 0 Å². The lowest BCUT2D eigenvalue weighted by Crippen LogP contribution is -2.18. The van der Waals surface area contributed by atoms with Crippen LogP contribution in [0, 0.1) is 13.8 Å². The largest absolute Gasteiger partial charge is 0.321 e. The molecule has 0 saturated carbocycles. The Morgan fingerprint density at radius 3 is 2.82 bits per heavy atom. The number of aryl methyl sites for hydroxylation is 3. The molecule has 0 aliphatic heterocycles. The number of nitrogens with zero attached hydrogens (tertiary/aromatic N) is 3. The van der Waals surface area contributed by atoms with E-state index in [0.717, 1.165) is 25.3 Å². The number of hydrogen-bond donors (Lipinski definition) is 1. The summed E-state index contributed by atoms with van der Waals surface area (Å²) in [7, 11) is 1.97. The van der Waals surface area contributed by atoms with Crippen LogP contribution in [-0.4, -0.2) is 21.3 Å². The molecule has 0 aromatic carbocycles. The van der Waals surface area contributed by atoms with Crippen molar-refractivity contribution in [1.29, 1.82) is 0 Å². The maximum Gasteiger partial charge on any atom is 0.133 e. The molecule has 2 aromatic rings. The Bertz CT molecular complexity index is 486. The van der Waals surface area contributed by atoms with E-state index in [1.54, 1.807) is 6.33 Å². The molecule has 4 nitrogen and oxygen atoms in total. The van der Waals surface area contributed by atoms with E-state index in [1.165, 1.54) is 15.3 Å². The zero-order valence-electron chi connectivity index (χ0n) is 10.5. The molecule has 2 heterocycles. The van der Waals surface area contributed by atoms with E-state index in [9.17, 15) is 0 Å². The van der Waals surface area contributed by atoms with Gasteiger partial charge in [-0.1, -0.05) is 0 Å². The average molecular weight is 250 g/mol. The lowest BCUT2D eigenvalue weighted by Gasteiger charge is -2.04. The first kappa shape index (κ1) is 12.3. The fourth-order valence-electron chi connectivity index (χ4n) is 1.82. The summed E-state index contributed by atoms with van der Waals surface area (Å²) in [6.07, 6.45) is 2.65. The summed E-state index contributed by atoms with van der Waals surface area (Å²) in [6.45, 7) is 6.20. The van der Waals surface area contributed by atoms with E-state index in [0.29, 0.717) is 0 Å². The number of rotatable bonds is 5. The van der Waals surface area contributed by atoms with Crippen LogP contribution >= 0.6 is 11.3 Å². The van der Waals surface area contributed by atoms with E-state index < -0.39 is 0 Å². The minimum Gasteiger partial charge on any atom is -0.321 e. The van der Waals surface area contributed by atoms with Crippen LogP contribution in [0.3, 0.4) is 0 Å². The van der Waals surface area contributed by atoms with Gasteiger partial charge < -0.3 is 9.88 Å². The van der Waals surface area contributed by atoms with E-state index in [-0.39, 0.29) is 0 Å². The van der Waals surface area contributed by atoms with E-state index in [4.69, 9.17) is 0 Å². The first-order chi connectivity index (χ1) is 8.16. The van der Waals surface area contributed by atoms with Crippen LogP contribution in [0.5, 0.6) is 0 Å². The molecule has 92 valence electrons. The van der Waals surface area contributed by atoms with Crippen LogP contribution in [0.15, 0.2) is 12.4 Å². The van der Waals surface area contributed by atoms with E-state index >= 15 is 0 Å². The number of aromatic nitrogens is 3. The molecular formula is C12H18N4S. The molecule has 0 amide bonds. The zero-order valence-corrected chi connectivity index (χ0v) is 11.3. The monoisotopic (exact) mass is 250 g/mol. The Balaban J connectivity index is 1.77. The minimum absolute atomic E-state index is 0.915. The second-order valence-corrected chi connectivity index (χ2v) is 5.68. The molecular weight excluding hydrogens is 232 g/mol. The Hall–Kier alpha value is -1.20. The van der Waals surface area contributed by atoms with Gasteiger partial charge in [0.25, 0.3) is 0 Å². The van der Waals surface area contributed by atoms with Crippen molar-refractivity contribution in [1.82, 2.24) is 20.1 Å². The third-order valence-electron chi connectivity index (χ3n) is 2.79. The normalized spacial score (nSPS) is 11.0. The number of hydrogen-bond acceptors (Lipinski definition) is 4. The van der Waals surface area contributed by atoms with Crippen LogP contribution in [0.4, 0.5) is 0 Å². The maximum absolute atomic E-state index is 4.06. The number of nitrogens with one attached hydrogen (secondary N) is 1. The summed E-state index contributed by atoms with van der Waals surface area (Å²) >= 11 is 1.86. The van der Waals surface area contributed by atoms with Crippen LogP contribution < -0.4 is 5.32 Å². The second-order valence-electron chi connectivity index (χ2n) is 4.22. The second kappa shape index (κ2) is 5.42. The third-order valence-corrected chi connectivity index (χ3v) is 3.80. The van der Waals surface area contributed by atoms with Crippen molar-refractivity contribution >= 4 is 11.3 Å². The van der Waals surface area contributed by atoms with Gasteiger partial charge >= 0.3 is 0 Å². The smallest absolute Gasteiger partial charge is 0.133 e. The molecule has 2 aromatic heterocycles. The van der Waals surface area contributed by atoms with Gasteiger partial charge in [0, 0.05) is 36.3 Å². The highest BCUT2D eigenvalue weighted by molar-refractivity contribution is 7.12. The molecule has 0 aliphatic carbocycles. The topological polar surface area (TPSA) is 42.7 Å². The van der Waals surface area contributed by atoms with Crippen LogP contribution in [-0.2, 0) is 20.0 Å².